The van der Waals surface area contributed by atoms with E-state index in [0.29, 0.717) is 18.7 Å². The highest BCUT2D eigenvalue weighted by atomic mass is 16.5. The minimum absolute atomic E-state index is 0.238. The Balaban J connectivity index is 1.95. The number of carboxylic acid groups (broad SMARTS) is 1. The van der Waals surface area contributed by atoms with Gasteiger partial charge in [0, 0.05) is 6.20 Å². The third-order valence-electron chi connectivity index (χ3n) is 4.47. The van der Waals surface area contributed by atoms with Gasteiger partial charge in [0.1, 0.15) is 0 Å². The smallest absolute Gasteiger partial charge is 0.319 e. The first-order valence-electron chi connectivity index (χ1n) is 7.40. The molecular formula is C17H18N2O4. The van der Waals surface area contributed by atoms with Crippen LogP contribution in [0.1, 0.15) is 24.8 Å². The summed E-state index contributed by atoms with van der Waals surface area (Å²) >= 11 is 0. The van der Waals surface area contributed by atoms with E-state index < -0.39 is 11.4 Å². The lowest BCUT2D eigenvalue weighted by molar-refractivity contribution is -0.147. The Morgan fingerprint density at radius 3 is 2.35 bits per heavy atom. The molecule has 1 aromatic carbocycles. The molecule has 0 saturated heterocycles. The molecule has 1 aromatic heterocycles. The van der Waals surface area contributed by atoms with E-state index in [9.17, 15) is 9.90 Å². The lowest BCUT2D eigenvalue weighted by atomic mass is 9.64. The highest BCUT2D eigenvalue weighted by Crippen LogP contribution is 2.44. The van der Waals surface area contributed by atoms with E-state index in [4.69, 9.17) is 9.47 Å². The van der Waals surface area contributed by atoms with E-state index in [1.807, 2.05) is 24.3 Å². The fourth-order valence-corrected chi connectivity index (χ4v) is 2.93. The van der Waals surface area contributed by atoms with Crippen LogP contribution in [0, 0.1) is 0 Å². The van der Waals surface area contributed by atoms with E-state index in [1.54, 1.807) is 6.20 Å². The molecule has 1 fully saturated rings. The zero-order chi connectivity index (χ0) is 16.4. The molecule has 0 spiro atoms. The first-order chi connectivity index (χ1) is 11.1. The Hall–Kier alpha value is -2.63. The fraction of sp³-hybridized carbons (Fsp3) is 0.353. The molecule has 1 heterocycles. The lowest BCUT2D eigenvalue weighted by Gasteiger charge is -2.38. The third kappa shape index (κ3) is 2.50. The highest BCUT2D eigenvalue weighted by Gasteiger charge is 2.45. The number of methoxy groups -OCH3 is 2. The molecule has 0 unspecified atom stereocenters. The summed E-state index contributed by atoms with van der Waals surface area (Å²) in [4.78, 5) is 19.8. The molecule has 6 nitrogen and oxygen atoms in total. The Morgan fingerprint density at radius 2 is 1.87 bits per heavy atom. The van der Waals surface area contributed by atoms with Crippen LogP contribution in [0.2, 0.25) is 0 Å². The average molecular weight is 314 g/mol. The summed E-state index contributed by atoms with van der Waals surface area (Å²) in [6, 6.07) is 7.73. The molecule has 0 bridgehead atoms. The maximum atomic E-state index is 11.6. The predicted molar refractivity (Wildman–Crippen MR) is 83.7 cm³/mol. The van der Waals surface area contributed by atoms with E-state index >= 15 is 0 Å². The van der Waals surface area contributed by atoms with Gasteiger partial charge in [0.2, 0.25) is 5.88 Å². The van der Waals surface area contributed by atoms with Crippen molar-refractivity contribution in [2.75, 3.05) is 14.2 Å². The number of rotatable bonds is 5. The van der Waals surface area contributed by atoms with Crippen molar-refractivity contribution in [2.45, 2.75) is 24.7 Å². The average Bonchev–Trinajstić information content (AvgIpc) is 2.53. The number of carbonyl (C=O) groups is 1. The quantitative estimate of drug-likeness (QED) is 0.913. The SMILES string of the molecule is COc1ncc(-c2ccc(C3(C(=O)O)CCC3)cc2)c(OC)n1. The number of hydrogen-bond donors (Lipinski definition) is 1. The van der Waals surface area contributed by atoms with Crippen molar-refractivity contribution >= 4 is 5.97 Å². The van der Waals surface area contributed by atoms with Gasteiger partial charge in [-0.1, -0.05) is 30.7 Å². The topological polar surface area (TPSA) is 81.5 Å². The molecule has 6 heteroatoms. The van der Waals surface area contributed by atoms with Crippen LogP contribution in [-0.4, -0.2) is 35.3 Å². The van der Waals surface area contributed by atoms with Gasteiger partial charge in [-0.3, -0.25) is 4.79 Å². The number of aliphatic carboxylic acids is 1. The highest BCUT2D eigenvalue weighted by molar-refractivity contribution is 5.83. The minimum Gasteiger partial charge on any atom is -0.481 e. The van der Waals surface area contributed by atoms with Crippen molar-refractivity contribution in [3.63, 3.8) is 0 Å². The molecule has 3 rings (SSSR count). The maximum absolute atomic E-state index is 11.6. The molecule has 2 aromatic rings. The van der Waals surface area contributed by atoms with Crippen LogP contribution in [0.5, 0.6) is 11.9 Å². The number of hydrogen-bond acceptors (Lipinski definition) is 5. The maximum Gasteiger partial charge on any atom is 0.319 e. The molecule has 1 aliphatic rings. The van der Waals surface area contributed by atoms with Crippen molar-refractivity contribution in [1.29, 1.82) is 0 Å². The molecule has 1 aliphatic carbocycles. The van der Waals surface area contributed by atoms with Gasteiger partial charge in [0.15, 0.2) is 0 Å². The fourth-order valence-electron chi connectivity index (χ4n) is 2.93. The molecule has 23 heavy (non-hydrogen) atoms. The van der Waals surface area contributed by atoms with Crippen LogP contribution in [-0.2, 0) is 10.2 Å². The molecule has 0 radical (unpaired) electrons. The van der Waals surface area contributed by atoms with Gasteiger partial charge in [-0.25, -0.2) is 4.98 Å². The minimum atomic E-state index is -0.748. The molecular weight excluding hydrogens is 296 g/mol. The zero-order valence-corrected chi connectivity index (χ0v) is 13.1. The van der Waals surface area contributed by atoms with Crippen LogP contribution in [0.15, 0.2) is 30.5 Å². The molecule has 0 aliphatic heterocycles. The number of ether oxygens (including phenoxy) is 2. The number of nitrogens with zero attached hydrogens (tertiary/aromatic N) is 2. The number of aromatic nitrogens is 2. The van der Waals surface area contributed by atoms with Crippen LogP contribution in [0.3, 0.4) is 0 Å². The molecule has 120 valence electrons. The Kier molecular flexibility index (Phi) is 3.90. The van der Waals surface area contributed by atoms with E-state index in [-0.39, 0.29) is 6.01 Å². The standard InChI is InChI=1S/C17H18N2O4/c1-22-14-13(10-18-16(19-14)23-2)11-4-6-12(7-5-11)17(15(20)21)8-3-9-17/h4-7,10H,3,8-9H2,1-2H3,(H,20,21). The number of carboxylic acids is 1. The molecule has 0 amide bonds. The van der Waals surface area contributed by atoms with E-state index in [0.717, 1.165) is 23.1 Å². The molecule has 0 atom stereocenters. The van der Waals surface area contributed by atoms with E-state index in [2.05, 4.69) is 9.97 Å². The van der Waals surface area contributed by atoms with Crippen molar-refractivity contribution in [1.82, 2.24) is 9.97 Å². The van der Waals surface area contributed by atoms with Gasteiger partial charge in [-0.05, 0) is 24.0 Å². The first kappa shape index (κ1) is 15.3. The normalized spacial score (nSPS) is 15.6. The monoisotopic (exact) mass is 314 g/mol. The van der Waals surface area contributed by atoms with Crippen molar-refractivity contribution in [3.8, 4) is 23.0 Å². The van der Waals surface area contributed by atoms with Crippen molar-refractivity contribution < 1.29 is 19.4 Å². The molecule has 1 N–H and O–H groups in total. The van der Waals surface area contributed by atoms with E-state index in [1.165, 1.54) is 14.2 Å². The summed E-state index contributed by atoms with van der Waals surface area (Å²) in [5.41, 5.74) is 1.72. The second-order valence-electron chi connectivity index (χ2n) is 5.60. The number of benzene rings is 1. The summed E-state index contributed by atoms with van der Waals surface area (Å²) in [6.07, 6.45) is 3.97. The van der Waals surface area contributed by atoms with Crippen molar-refractivity contribution in [2.24, 2.45) is 0 Å². The Bertz CT molecular complexity index is 724. The predicted octanol–water partition coefficient (Wildman–Crippen LogP) is 2.67. The first-order valence-corrected chi connectivity index (χ1v) is 7.40. The molecule has 1 saturated carbocycles. The summed E-state index contributed by atoms with van der Waals surface area (Å²) in [7, 11) is 3.03. The van der Waals surface area contributed by atoms with Gasteiger partial charge < -0.3 is 14.6 Å². The second-order valence-corrected chi connectivity index (χ2v) is 5.60. The second kappa shape index (κ2) is 5.87. The summed E-state index contributed by atoms with van der Waals surface area (Å²) in [5.74, 6) is -0.331. The van der Waals surface area contributed by atoms with Crippen LogP contribution in [0.25, 0.3) is 11.1 Å². The Morgan fingerprint density at radius 1 is 1.17 bits per heavy atom. The van der Waals surface area contributed by atoms with Gasteiger partial charge in [-0.2, -0.15) is 4.98 Å². The van der Waals surface area contributed by atoms with Gasteiger partial charge in [0.25, 0.3) is 0 Å². The van der Waals surface area contributed by atoms with Gasteiger partial charge >= 0.3 is 12.0 Å². The van der Waals surface area contributed by atoms with Crippen LogP contribution in [0.4, 0.5) is 0 Å². The van der Waals surface area contributed by atoms with Gasteiger partial charge in [-0.15, -0.1) is 0 Å². The van der Waals surface area contributed by atoms with Crippen molar-refractivity contribution in [3.05, 3.63) is 36.0 Å². The Labute approximate surface area is 134 Å². The summed E-state index contributed by atoms with van der Waals surface area (Å²) in [5, 5.41) is 9.51. The lowest BCUT2D eigenvalue weighted by Crippen LogP contribution is -2.42. The summed E-state index contributed by atoms with van der Waals surface area (Å²) in [6.45, 7) is 0. The zero-order valence-electron chi connectivity index (χ0n) is 13.1. The van der Waals surface area contributed by atoms with Crippen LogP contribution < -0.4 is 9.47 Å². The van der Waals surface area contributed by atoms with Crippen LogP contribution >= 0.6 is 0 Å². The third-order valence-corrected chi connectivity index (χ3v) is 4.47. The van der Waals surface area contributed by atoms with Gasteiger partial charge in [0.05, 0.1) is 25.2 Å². The largest absolute Gasteiger partial charge is 0.481 e. The summed E-state index contributed by atoms with van der Waals surface area (Å²) < 4.78 is 10.3.